The average Bonchev–Trinajstić information content (AvgIpc) is 2.44. The third-order valence-electron chi connectivity index (χ3n) is 3.24. The minimum absolute atomic E-state index is 0.0876. The monoisotopic (exact) mass is 272 g/mol. The fourth-order valence-electron chi connectivity index (χ4n) is 2.23. The molecule has 0 bridgehead atoms. The van der Waals surface area contributed by atoms with Crippen LogP contribution in [0.4, 0.5) is 15.8 Å². The third kappa shape index (κ3) is 2.07. The van der Waals surface area contributed by atoms with E-state index in [4.69, 9.17) is 10.5 Å². The van der Waals surface area contributed by atoms with Crippen LogP contribution < -0.4 is 15.4 Å². The van der Waals surface area contributed by atoms with Gasteiger partial charge < -0.3 is 15.4 Å². The number of carbonyl (C=O) groups excluding carboxylic acids is 1. The van der Waals surface area contributed by atoms with Gasteiger partial charge in [0.15, 0.2) is 12.4 Å². The molecule has 1 amide bonds. The highest BCUT2D eigenvalue weighted by Gasteiger charge is 2.27. The Morgan fingerprint density at radius 2 is 2.00 bits per heavy atom. The quantitative estimate of drug-likeness (QED) is 0.854. The molecule has 5 heteroatoms. The molecule has 0 saturated carbocycles. The van der Waals surface area contributed by atoms with Gasteiger partial charge in [-0.1, -0.05) is 24.3 Å². The van der Waals surface area contributed by atoms with Crippen molar-refractivity contribution in [2.45, 2.75) is 6.54 Å². The number of nitrogens with zero attached hydrogens (tertiary/aromatic N) is 1. The van der Waals surface area contributed by atoms with Crippen LogP contribution in [0.3, 0.4) is 0 Å². The molecule has 1 heterocycles. The molecular weight excluding hydrogens is 259 g/mol. The number of nitrogen functional groups attached to an aromatic ring is 1. The molecule has 2 N–H and O–H groups in total. The molecule has 4 nitrogen and oxygen atoms in total. The van der Waals surface area contributed by atoms with Crippen molar-refractivity contribution in [3.05, 3.63) is 53.8 Å². The van der Waals surface area contributed by atoms with E-state index in [9.17, 15) is 9.18 Å². The Bertz CT molecular complexity index is 673. The van der Waals surface area contributed by atoms with Crippen molar-refractivity contribution in [3.63, 3.8) is 0 Å². The Balaban J connectivity index is 2.00. The Morgan fingerprint density at radius 1 is 1.20 bits per heavy atom. The summed E-state index contributed by atoms with van der Waals surface area (Å²) in [6.07, 6.45) is 0. The summed E-state index contributed by atoms with van der Waals surface area (Å²) in [5.74, 6) is -0.0768. The summed E-state index contributed by atoms with van der Waals surface area (Å²) >= 11 is 0. The summed E-state index contributed by atoms with van der Waals surface area (Å²) in [4.78, 5) is 13.5. The van der Waals surface area contributed by atoms with E-state index >= 15 is 0 Å². The number of hydrogen-bond acceptors (Lipinski definition) is 3. The summed E-state index contributed by atoms with van der Waals surface area (Å²) in [7, 11) is 0. The lowest BCUT2D eigenvalue weighted by atomic mass is 10.1. The van der Waals surface area contributed by atoms with Crippen molar-refractivity contribution in [1.82, 2.24) is 0 Å². The highest BCUT2D eigenvalue weighted by molar-refractivity contribution is 5.99. The lowest BCUT2D eigenvalue weighted by Gasteiger charge is -2.30. The number of para-hydroxylation sites is 1. The second-order valence-electron chi connectivity index (χ2n) is 4.56. The normalized spacial score (nSPS) is 13.8. The Labute approximate surface area is 115 Å². The molecule has 0 saturated heterocycles. The number of ether oxygens (including phenoxy) is 1. The Kier molecular flexibility index (Phi) is 3.02. The van der Waals surface area contributed by atoms with Crippen molar-refractivity contribution >= 4 is 17.3 Å². The van der Waals surface area contributed by atoms with Crippen LogP contribution in [0.2, 0.25) is 0 Å². The van der Waals surface area contributed by atoms with Gasteiger partial charge in [-0.15, -0.1) is 0 Å². The van der Waals surface area contributed by atoms with Gasteiger partial charge in [-0.25, -0.2) is 4.39 Å². The maximum Gasteiger partial charge on any atom is 0.265 e. The van der Waals surface area contributed by atoms with Crippen molar-refractivity contribution in [3.8, 4) is 5.75 Å². The fourth-order valence-corrected chi connectivity index (χ4v) is 2.23. The van der Waals surface area contributed by atoms with E-state index in [2.05, 4.69) is 0 Å². The third-order valence-corrected chi connectivity index (χ3v) is 3.24. The zero-order valence-corrected chi connectivity index (χ0v) is 10.7. The van der Waals surface area contributed by atoms with Gasteiger partial charge in [-0.3, -0.25) is 4.79 Å². The first-order valence-electron chi connectivity index (χ1n) is 6.22. The van der Waals surface area contributed by atoms with Gasteiger partial charge in [-0.05, 0) is 18.2 Å². The largest absolute Gasteiger partial charge is 0.479 e. The van der Waals surface area contributed by atoms with Crippen LogP contribution in [0, 0.1) is 5.82 Å². The van der Waals surface area contributed by atoms with E-state index in [1.807, 2.05) is 0 Å². The molecule has 0 unspecified atom stereocenters. The molecule has 0 radical (unpaired) electrons. The van der Waals surface area contributed by atoms with Gasteiger partial charge in [0.25, 0.3) is 5.91 Å². The van der Waals surface area contributed by atoms with Gasteiger partial charge >= 0.3 is 0 Å². The topological polar surface area (TPSA) is 55.6 Å². The maximum absolute atomic E-state index is 13.7. The smallest absolute Gasteiger partial charge is 0.265 e. The van der Waals surface area contributed by atoms with Crippen LogP contribution in [0.15, 0.2) is 42.5 Å². The molecule has 0 aliphatic carbocycles. The Hall–Kier alpha value is -2.56. The molecule has 102 valence electrons. The van der Waals surface area contributed by atoms with E-state index in [-0.39, 0.29) is 24.9 Å². The number of fused-ring (bicyclic) bond motifs is 1. The highest BCUT2D eigenvalue weighted by Crippen LogP contribution is 2.37. The van der Waals surface area contributed by atoms with Crippen LogP contribution in [-0.2, 0) is 11.3 Å². The standard InChI is InChI=1S/C15H13FN2O2/c16-11-5-2-1-4-10(11)8-18-13-7-3-6-12(17)15(13)20-9-14(18)19/h1-7H,8-9,17H2. The average molecular weight is 272 g/mol. The minimum atomic E-state index is -0.336. The molecule has 1 aliphatic heterocycles. The number of amides is 1. The lowest BCUT2D eigenvalue weighted by Crippen LogP contribution is -2.38. The molecule has 20 heavy (non-hydrogen) atoms. The minimum Gasteiger partial charge on any atom is -0.479 e. The first kappa shape index (κ1) is 12.5. The van der Waals surface area contributed by atoms with Gasteiger partial charge in [0.05, 0.1) is 17.9 Å². The van der Waals surface area contributed by atoms with Gasteiger partial charge in [0.2, 0.25) is 0 Å². The molecule has 0 spiro atoms. The van der Waals surface area contributed by atoms with E-state index in [1.54, 1.807) is 36.4 Å². The lowest BCUT2D eigenvalue weighted by molar-refractivity contribution is -0.121. The van der Waals surface area contributed by atoms with Crippen molar-refractivity contribution in [1.29, 1.82) is 0 Å². The van der Waals surface area contributed by atoms with E-state index in [0.717, 1.165) is 0 Å². The van der Waals surface area contributed by atoms with Gasteiger partial charge in [-0.2, -0.15) is 0 Å². The number of carbonyl (C=O) groups is 1. The first-order chi connectivity index (χ1) is 9.66. The zero-order chi connectivity index (χ0) is 14.1. The summed E-state index contributed by atoms with van der Waals surface area (Å²) in [6.45, 7) is 0.0704. The van der Waals surface area contributed by atoms with Gasteiger partial charge in [0, 0.05) is 5.56 Å². The summed E-state index contributed by atoms with van der Waals surface area (Å²) < 4.78 is 19.1. The number of hydrogen-bond donors (Lipinski definition) is 1. The SMILES string of the molecule is Nc1cccc2c1OCC(=O)N2Cc1ccccc1F. The Morgan fingerprint density at radius 3 is 2.80 bits per heavy atom. The summed E-state index contributed by atoms with van der Waals surface area (Å²) in [5.41, 5.74) is 7.33. The van der Waals surface area contributed by atoms with Crippen molar-refractivity contribution in [2.75, 3.05) is 17.2 Å². The molecular formula is C15H13FN2O2. The first-order valence-corrected chi connectivity index (χ1v) is 6.22. The number of nitrogens with two attached hydrogens (primary N) is 1. The number of halogens is 1. The molecule has 0 fully saturated rings. The van der Waals surface area contributed by atoms with Crippen LogP contribution in [0.1, 0.15) is 5.56 Å². The van der Waals surface area contributed by atoms with Crippen LogP contribution in [0.5, 0.6) is 5.75 Å². The molecule has 0 aromatic heterocycles. The van der Waals surface area contributed by atoms with E-state index < -0.39 is 0 Å². The zero-order valence-electron chi connectivity index (χ0n) is 10.7. The number of anilines is 2. The highest BCUT2D eigenvalue weighted by atomic mass is 19.1. The molecule has 2 aromatic rings. The van der Waals surface area contributed by atoms with Crippen molar-refractivity contribution < 1.29 is 13.9 Å². The summed E-state index contributed by atoms with van der Waals surface area (Å²) in [6, 6.07) is 11.6. The molecule has 1 aliphatic rings. The molecule has 3 rings (SSSR count). The number of benzene rings is 2. The van der Waals surface area contributed by atoms with Gasteiger partial charge in [0.1, 0.15) is 5.82 Å². The maximum atomic E-state index is 13.7. The van der Waals surface area contributed by atoms with Crippen LogP contribution in [0.25, 0.3) is 0 Å². The molecule has 2 aromatic carbocycles. The predicted molar refractivity (Wildman–Crippen MR) is 73.9 cm³/mol. The second-order valence-corrected chi connectivity index (χ2v) is 4.56. The fraction of sp³-hybridized carbons (Fsp3) is 0.133. The summed E-state index contributed by atoms with van der Waals surface area (Å²) in [5, 5.41) is 0. The van der Waals surface area contributed by atoms with E-state index in [0.29, 0.717) is 22.7 Å². The van der Waals surface area contributed by atoms with Crippen molar-refractivity contribution in [2.24, 2.45) is 0 Å². The predicted octanol–water partition coefficient (Wildman–Crippen LogP) is 2.33. The van der Waals surface area contributed by atoms with Crippen LogP contribution in [-0.4, -0.2) is 12.5 Å². The number of rotatable bonds is 2. The molecule has 0 atom stereocenters. The van der Waals surface area contributed by atoms with E-state index in [1.165, 1.54) is 11.0 Å². The second kappa shape index (κ2) is 4.85. The van der Waals surface area contributed by atoms with Crippen LogP contribution >= 0.6 is 0 Å².